The summed E-state index contributed by atoms with van der Waals surface area (Å²) in [5.74, 6) is -2.13. The van der Waals surface area contributed by atoms with Crippen molar-refractivity contribution in [1.29, 1.82) is 0 Å². The Kier molecular flexibility index (Phi) is 1.02. The Morgan fingerprint density at radius 1 is 1.88 bits per heavy atom. The zero-order chi connectivity index (χ0) is 6.15. The van der Waals surface area contributed by atoms with E-state index in [4.69, 9.17) is 5.11 Å². The van der Waals surface area contributed by atoms with Gasteiger partial charge in [0.05, 0.1) is 0 Å². The maximum absolute atomic E-state index is 11.8. The molecule has 1 N–H and O–H groups in total. The van der Waals surface area contributed by atoms with Crippen molar-refractivity contribution in [3.05, 3.63) is 11.9 Å². The molecule has 0 aliphatic carbocycles. The summed E-state index contributed by atoms with van der Waals surface area (Å²) >= 11 is 0. The minimum atomic E-state index is -1.39. The summed E-state index contributed by atoms with van der Waals surface area (Å²) in [4.78, 5) is 9.96. The first-order valence-electron chi connectivity index (χ1n) is 1.96. The lowest BCUT2D eigenvalue weighted by Crippen LogP contribution is -2.05. The monoisotopic (exact) mass is 118 g/mol. The number of rotatable bonds is 0. The zero-order valence-corrected chi connectivity index (χ0v) is 3.80. The summed E-state index contributed by atoms with van der Waals surface area (Å²) in [5, 5.41) is 8.31. The first-order valence-corrected chi connectivity index (χ1v) is 1.96. The quantitative estimate of drug-likeness (QED) is 0.445. The van der Waals surface area contributed by atoms with E-state index in [1.54, 1.807) is 0 Å². The van der Waals surface area contributed by atoms with Gasteiger partial charge >= 0.3 is 5.97 Å². The van der Waals surface area contributed by atoms with Crippen molar-refractivity contribution in [3.63, 3.8) is 0 Å². The van der Waals surface area contributed by atoms with Crippen molar-refractivity contribution in [3.8, 4) is 0 Å². The molecular weight excluding hydrogens is 115 g/mol. The molecular formula is C4H3FO3. The molecule has 4 heteroatoms. The second-order valence-electron chi connectivity index (χ2n) is 1.31. The van der Waals surface area contributed by atoms with Gasteiger partial charge in [-0.1, -0.05) is 0 Å². The van der Waals surface area contributed by atoms with Gasteiger partial charge in [0.2, 0.25) is 12.1 Å². The first-order chi connectivity index (χ1) is 3.70. The number of esters is 1. The summed E-state index contributed by atoms with van der Waals surface area (Å²) in [6.45, 7) is 0. The summed E-state index contributed by atoms with van der Waals surface area (Å²) in [6, 6.07) is 0. The summed E-state index contributed by atoms with van der Waals surface area (Å²) < 4.78 is 15.7. The maximum Gasteiger partial charge on any atom is 0.369 e. The topological polar surface area (TPSA) is 46.5 Å². The van der Waals surface area contributed by atoms with Crippen molar-refractivity contribution in [2.45, 2.75) is 6.29 Å². The molecule has 1 atom stereocenters. The van der Waals surface area contributed by atoms with Crippen LogP contribution in [0.2, 0.25) is 0 Å². The number of aliphatic hydroxyl groups excluding tert-OH is 1. The molecule has 0 radical (unpaired) electrons. The second kappa shape index (κ2) is 1.56. The molecule has 1 unspecified atom stereocenters. The van der Waals surface area contributed by atoms with Crippen molar-refractivity contribution in [2.75, 3.05) is 0 Å². The van der Waals surface area contributed by atoms with Gasteiger partial charge in [0.1, 0.15) is 0 Å². The number of hydrogen-bond acceptors (Lipinski definition) is 3. The molecule has 1 aliphatic heterocycles. The van der Waals surface area contributed by atoms with Gasteiger partial charge in [-0.3, -0.25) is 0 Å². The highest BCUT2D eigenvalue weighted by molar-refractivity contribution is 5.88. The van der Waals surface area contributed by atoms with Crippen LogP contribution in [0.4, 0.5) is 4.39 Å². The van der Waals surface area contributed by atoms with E-state index in [9.17, 15) is 9.18 Å². The fourth-order valence-corrected chi connectivity index (χ4v) is 0.393. The molecule has 0 fully saturated rings. The van der Waals surface area contributed by atoms with Gasteiger partial charge in [-0.05, 0) is 0 Å². The van der Waals surface area contributed by atoms with Crippen LogP contribution in [-0.4, -0.2) is 17.4 Å². The molecule has 1 aliphatic rings. The van der Waals surface area contributed by atoms with Gasteiger partial charge < -0.3 is 9.84 Å². The highest BCUT2D eigenvalue weighted by atomic mass is 19.1. The predicted octanol–water partition coefficient (Wildman–Crippen LogP) is -0.285. The molecule has 1 heterocycles. The van der Waals surface area contributed by atoms with Gasteiger partial charge in [-0.15, -0.1) is 0 Å². The largest absolute Gasteiger partial charge is 0.427 e. The number of halogens is 1. The smallest absolute Gasteiger partial charge is 0.369 e. The molecule has 0 aromatic heterocycles. The predicted molar refractivity (Wildman–Crippen MR) is 21.3 cm³/mol. The highest BCUT2D eigenvalue weighted by Crippen LogP contribution is 2.11. The summed E-state index contributed by atoms with van der Waals surface area (Å²) in [7, 11) is 0. The molecule has 0 amide bonds. The molecule has 0 bridgehead atoms. The van der Waals surface area contributed by atoms with E-state index >= 15 is 0 Å². The first kappa shape index (κ1) is 5.24. The van der Waals surface area contributed by atoms with E-state index in [1.807, 2.05) is 0 Å². The van der Waals surface area contributed by atoms with Gasteiger partial charge in [0, 0.05) is 6.08 Å². The SMILES string of the molecule is O=C1OC(O)C=C1F. The van der Waals surface area contributed by atoms with E-state index in [1.165, 1.54) is 0 Å². The van der Waals surface area contributed by atoms with Gasteiger partial charge in [0.15, 0.2) is 0 Å². The third-order valence-electron chi connectivity index (χ3n) is 0.712. The maximum atomic E-state index is 11.8. The zero-order valence-electron chi connectivity index (χ0n) is 3.80. The summed E-state index contributed by atoms with van der Waals surface area (Å²) in [5.41, 5.74) is 0. The van der Waals surface area contributed by atoms with Crippen LogP contribution in [0, 0.1) is 0 Å². The minimum Gasteiger partial charge on any atom is -0.427 e. The third-order valence-corrected chi connectivity index (χ3v) is 0.712. The average molecular weight is 118 g/mol. The minimum absolute atomic E-state index is 0.697. The Morgan fingerprint density at radius 2 is 2.50 bits per heavy atom. The lowest BCUT2D eigenvalue weighted by Gasteiger charge is -1.94. The van der Waals surface area contributed by atoms with Crippen LogP contribution >= 0.6 is 0 Å². The van der Waals surface area contributed by atoms with Crippen LogP contribution in [0.1, 0.15) is 0 Å². The highest BCUT2D eigenvalue weighted by Gasteiger charge is 2.22. The Labute approximate surface area is 44.4 Å². The van der Waals surface area contributed by atoms with Crippen molar-refractivity contribution in [2.24, 2.45) is 0 Å². The van der Waals surface area contributed by atoms with E-state index in [-0.39, 0.29) is 0 Å². The van der Waals surface area contributed by atoms with E-state index in [2.05, 4.69) is 4.74 Å². The Balaban J connectivity index is 2.73. The standard InChI is InChI=1S/C4H3FO3/c5-2-1-3(6)8-4(2)7/h1,3,6H. The van der Waals surface area contributed by atoms with Crippen LogP contribution in [0.25, 0.3) is 0 Å². The second-order valence-corrected chi connectivity index (χ2v) is 1.31. The fraction of sp³-hybridized carbons (Fsp3) is 0.250. The molecule has 3 nitrogen and oxygen atoms in total. The van der Waals surface area contributed by atoms with Crippen LogP contribution in [0.15, 0.2) is 11.9 Å². The molecule has 0 saturated heterocycles. The molecule has 0 spiro atoms. The third kappa shape index (κ3) is 0.696. The van der Waals surface area contributed by atoms with Gasteiger partial charge in [-0.2, -0.15) is 4.39 Å². The molecule has 44 valence electrons. The number of ether oxygens (including phenoxy) is 1. The molecule has 1 rings (SSSR count). The number of cyclic esters (lactones) is 1. The van der Waals surface area contributed by atoms with Crippen molar-refractivity contribution < 1.29 is 19.0 Å². The van der Waals surface area contributed by atoms with Crippen LogP contribution in [0.3, 0.4) is 0 Å². The van der Waals surface area contributed by atoms with Crippen molar-refractivity contribution >= 4 is 5.97 Å². The molecule has 0 saturated carbocycles. The Hall–Kier alpha value is -0.900. The number of aliphatic hydroxyl groups is 1. The van der Waals surface area contributed by atoms with Crippen molar-refractivity contribution in [1.82, 2.24) is 0 Å². The normalized spacial score (nSPS) is 27.5. The average Bonchev–Trinajstić information content (AvgIpc) is 1.85. The van der Waals surface area contributed by atoms with Crippen LogP contribution < -0.4 is 0 Å². The molecule has 0 aromatic carbocycles. The van der Waals surface area contributed by atoms with E-state index < -0.39 is 18.1 Å². The number of hydrogen-bond donors (Lipinski definition) is 1. The van der Waals surface area contributed by atoms with Crippen LogP contribution in [0.5, 0.6) is 0 Å². The Bertz CT molecular complexity index is 151. The van der Waals surface area contributed by atoms with Gasteiger partial charge in [-0.25, -0.2) is 4.79 Å². The van der Waals surface area contributed by atoms with E-state index in [0.717, 1.165) is 0 Å². The van der Waals surface area contributed by atoms with E-state index in [0.29, 0.717) is 6.08 Å². The van der Waals surface area contributed by atoms with Gasteiger partial charge in [0.25, 0.3) is 0 Å². The molecule has 0 aromatic rings. The Morgan fingerprint density at radius 3 is 2.62 bits per heavy atom. The fourth-order valence-electron chi connectivity index (χ4n) is 0.393. The number of carbonyl (C=O) groups is 1. The lowest BCUT2D eigenvalue weighted by molar-refractivity contribution is -0.152. The number of carbonyl (C=O) groups excluding carboxylic acids is 1. The lowest BCUT2D eigenvalue weighted by atomic mass is 10.5. The van der Waals surface area contributed by atoms with Crippen LogP contribution in [-0.2, 0) is 9.53 Å². The molecule has 8 heavy (non-hydrogen) atoms. The summed E-state index contributed by atoms with van der Waals surface area (Å²) in [6.07, 6.45) is -0.690.